The van der Waals surface area contributed by atoms with Crippen molar-refractivity contribution in [3.05, 3.63) is 36.5 Å². The van der Waals surface area contributed by atoms with E-state index in [1.807, 2.05) is 6.07 Å². The molecule has 0 aliphatic heterocycles. The molecule has 0 saturated carbocycles. The third-order valence-corrected chi connectivity index (χ3v) is 2.23. The fourth-order valence-electron chi connectivity index (χ4n) is 1.42. The van der Waals surface area contributed by atoms with Crippen LogP contribution < -0.4 is 15.8 Å². The molecule has 0 aliphatic carbocycles. The van der Waals surface area contributed by atoms with Gasteiger partial charge in [0.2, 0.25) is 0 Å². The minimum atomic E-state index is 0.192. The van der Waals surface area contributed by atoms with Gasteiger partial charge in [-0.1, -0.05) is 6.07 Å². The third kappa shape index (κ3) is 2.57. The number of rotatable bonds is 3. The lowest BCUT2D eigenvalue weighted by Crippen LogP contribution is -1.98. The normalized spacial score (nSPS) is 9.94. The summed E-state index contributed by atoms with van der Waals surface area (Å²) in [5.41, 5.74) is 6.88. The number of methoxy groups -OCH3 is 1. The van der Waals surface area contributed by atoms with E-state index in [4.69, 9.17) is 10.5 Å². The predicted molar refractivity (Wildman–Crippen MR) is 66.6 cm³/mol. The second-order valence-electron chi connectivity index (χ2n) is 3.49. The first-order chi connectivity index (χ1) is 8.19. The second-order valence-corrected chi connectivity index (χ2v) is 3.49. The Morgan fingerprint density at radius 1 is 1.35 bits per heavy atom. The van der Waals surface area contributed by atoms with E-state index < -0.39 is 0 Å². The number of hydrogen-bond donors (Lipinski definition) is 3. The summed E-state index contributed by atoms with van der Waals surface area (Å²) in [5, 5.41) is 12.4. The van der Waals surface area contributed by atoms with Crippen LogP contribution in [0, 0.1) is 0 Å². The molecule has 1 heterocycles. The van der Waals surface area contributed by atoms with E-state index in [1.54, 1.807) is 31.4 Å². The number of nitrogens with one attached hydrogen (secondary N) is 1. The highest BCUT2D eigenvalue weighted by Gasteiger charge is 2.03. The minimum absolute atomic E-state index is 0.192. The van der Waals surface area contributed by atoms with Crippen molar-refractivity contribution in [2.24, 2.45) is 0 Å². The van der Waals surface area contributed by atoms with Crippen LogP contribution in [0.2, 0.25) is 0 Å². The van der Waals surface area contributed by atoms with E-state index in [0.717, 1.165) is 5.69 Å². The lowest BCUT2D eigenvalue weighted by atomic mass is 10.3. The van der Waals surface area contributed by atoms with Gasteiger partial charge < -0.3 is 20.9 Å². The Labute approximate surface area is 98.9 Å². The van der Waals surface area contributed by atoms with Gasteiger partial charge in [0.25, 0.3) is 0 Å². The van der Waals surface area contributed by atoms with Crippen molar-refractivity contribution in [2.45, 2.75) is 0 Å². The largest absolute Gasteiger partial charge is 0.508 e. The Morgan fingerprint density at radius 2 is 2.18 bits per heavy atom. The van der Waals surface area contributed by atoms with Crippen LogP contribution in [-0.4, -0.2) is 17.2 Å². The highest BCUT2D eigenvalue weighted by atomic mass is 16.5. The van der Waals surface area contributed by atoms with Gasteiger partial charge in [-0.05, 0) is 12.1 Å². The first-order valence-electron chi connectivity index (χ1n) is 5.04. The third-order valence-electron chi connectivity index (χ3n) is 2.23. The van der Waals surface area contributed by atoms with Crippen LogP contribution in [0.3, 0.4) is 0 Å². The smallest absolute Gasteiger partial charge is 0.147 e. The molecule has 4 N–H and O–H groups in total. The number of pyridine rings is 1. The van der Waals surface area contributed by atoms with Crippen molar-refractivity contribution in [1.29, 1.82) is 0 Å². The molecule has 5 nitrogen and oxygen atoms in total. The second kappa shape index (κ2) is 4.61. The molecule has 0 amide bonds. The van der Waals surface area contributed by atoms with Crippen molar-refractivity contribution < 1.29 is 9.84 Å². The summed E-state index contributed by atoms with van der Waals surface area (Å²) in [6, 6.07) is 8.46. The molecule has 0 saturated heterocycles. The first kappa shape index (κ1) is 11.1. The van der Waals surface area contributed by atoms with Gasteiger partial charge in [0.1, 0.15) is 17.3 Å². The molecule has 5 heteroatoms. The van der Waals surface area contributed by atoms with Crippen molar-refractivity contribution in [3.63, 3.8) is 0 Å². The molecule has 0 radical (unpaired) electrons. The summed E-state index contributed by atoms with van der Waals surface area (Å²) < 4.78 is 5.09. The van der Waals surface area contributed by atoms with Crippen LogP contribution in [-0.2, 0) is 0 Å². The van der Waals surface area contributed by atoms with E-state index in [9.17, 15) is 5.11 Å². The molecule has 88 valence electrons. The zero-order valence-electron chi connectivity index (χ0n) is 9.34. The van der Waals surface area contributed by atoms with Gasteiger partial charge in [-0.25, -0.2) is 4.98 Å². The number of nitrogens with two attached hydrogens (primary N) is 1. The molecule has 0 spiro atoms. The van der Waals surface area contributed by atoms with Crippen molar-refractivity contribution in [3.8, 4) is 11.5 Å². The Balaban J connectivity index is 2.24. The van der Waals surface area contributed by atoms with Gasteiger partial charge in [0, 0.05) is 17.8 Å². The average molecular weight is 231 g/mol. The lowest BCUT2D eigenvalue weighted by molar-refractivity contribution is 0.417. The molecular weight excluding hydrogens is 218 g/mol. The summed E-state index contributed by atoms with van der Waals surface area (Å²) in [6.07, 6.45) is 1.52. The number of benzene rings is 1. The van der Waals surface area contributed by atoms with Gasteiger partial charge >= 0.3 is 0 Å². The summed E-state index contributed by atoms with van der Waals surface area (Å²) in [4.78, 5) is 4.11. The average Bonchev–Trinajstić information content (AvgIpc) is 2.32. The Morgan fingerprint density at radius 3 is 2.88 bits per heavy atom. The molecule has 0 atom stereocenters. The zero-order chi connectivity index (χ0) is 12.3. The van der Waals surface area contributed by atoms with E-state index in [0.29, 0.717) is 17.3 Å². The number of nitrogen functional groups attached to an aromatic ring is 1. The minimum Gasteiger partial charge on any atom is -0.508 e. The SMILES string of the molecule is COc1cc(Nc2cccc(O)c2)ncc1N. The van der Waals surface area contributed by atoms with E-state index >= 15 is 0 Å². The highest BCUT2D eigenvalue weighted by molar-refractivity contribution is 5.63. The number of phenols is 1. The fourth-order valence-corrected chi connectivity index (χ4v) is 1.42. The highest BCUT2D eigenvalue weighted by Crippen LogP contribution is 2.25. The number of aromatic nitrogens is 1. The first-order valence-corrected chi connectivity index (χ1v) is 5.04. The number of anilines is 3. The van der Waals surface area contributed by atoms with Crippen LogP contribution in [0.4, 0.5) is 17.2 Å². The van der Waals surface area contributed by atoms with Gasteiger partial charge in [-0.3, -0.25) is 0 Å². The Kier molecular flexibility index (Phi) is 3.00. The standard InChI is InChI=1S/C12H13N3O2/c1-17-11-6-12(14-7-10(11)13)15-8-3-2-4-9(16)5-8/h2-7,16H,13H2,1H3,(H,14,15). The van der Waals surface area contributed by atoms with Crippen molar-refractivity contribution in [2.75, 3.05) is 18.2 Å². The molecule has 0 unspecified atom stereocenters. The van der Waals surface area contributed by atoms with Gasteiger partial charge in [0.05, 0.1) is 19.0 Å². The maximum atomic E-state index is 9.33. The molecule has 17 heavy (non-hydrogen) atoms. The Hall–Kier alpha value is -2.43. The predicted octanol–water partition coefficient (Wildman–Crippen LogP) is 2.12. The molecule has 2 aromatic rings. The van der Waals surface area contributed by atoms with Crippen molar-refractivity contribution in [1.82, 2.24) is 4.98 Å². The van der Waals surface area contributed by atoms with Crippen LogP contribution in [0.15, 0.2) is 36.5 Å². The molecular formula is C12H13N3O2. The molecule has 0 aliphatic rings. The van der Waals surface area contributed by atoms with Crippen LogP contribution in [0.25, 0.3) is 0 Å². The van der Waals surface area contributed by atoms with Crippen LogP contribution in [0.1, 0.15) is 0 Å². The summed E-state index contributed by atoms with van der Waals surface area (Å²) >= 11 is 0. The molecule has 2 rings (SSSR count). The van der Waals surface area contributed by atoms with Gasteiger partial charge in [-0.2, -0.15) is 0 Å². The zero-order valence-corrected chi connectivity index (χ0v) is 9.34. The number of aromatic hydroxyl groups is 1. The van der Waals surface area contributed by atoms with E-state index in [-0.39, 0.29) is 5.75 Å². The molecule has 0 bridgehead atoms. The Bertz CT molecular complexity index is 529. The number of hydrogen-bond acceptors (Lipinski definition) is 5. The quantitative estimate of drug-likeness (QED) is 0.754. The fraction of sp³-hybridized carbons (Fsp3) is 0.0833. The van der Waals surface area contributed by atoms with E-state index in [2.05, 4.69) is 10.3 Å². The van der Waals surface area contributed by atoms with Gasteiger partial charge in [-0.15, -0.1) is 0 Å². The van der Waals surface area contributed by atoms with Crippen LogP contribution in [0.5, 0.6) is 11.5 Å². The lowest BCUT2D eigenvalue weighted by Gasteiger charge is -2.09. The molecule has 1 aromatic carbocycles. The molecule has 0 fully saturated rings. The summed E-state index contributed by atoms with van der Waals surface area (Å²) in [5.74, 6) is 1.35. The molecule has 1 aromatic heterocycles. The van der Waals surface area contributed by atoms with Crippen LogP contribution >= 0.6 is 0 Å². The number of ether oxygens (including phenoxy) is 1. The van der Waals surface area contributed by atoms with E-state index in [1.165, 1.54) is 6.20 Å². The summed E-state index contributed by atoms with van der Waals surface area (Å²) in [6.45, 7) is 0. The monoisotopic (exact) mass is 231 g/mol. The maximum absolute atomic E-state index is 9.33. The topological polar surface area (TPSA) is 80.4 Å². The maximum Gasteiger partial charge on any atom is 0.147 e. The van der Waals surface area contributed by atoms with Gasteiger partial charge in [0.15, 0.2) is 0 Å². The summed E-state index contributed by atoms with van der Waals surface area (Å²) in [7, 11) is 1.55. The van der Waals surface area contributed by atoms with Crippen molar-refractivity contribution >= 4 is 17.2 Å². The number of phenolic OH excluding ortho intramolecular Hbond substituents is 1. The number of nitrogens with zero attached hydrogens (tertiary/aromatic N) is 1.